The fourth-order valence-corrected chi connectivity index (χ4v) is 6.50. The Labute approximate surface area is 214 Å². The standard InChI is InChI=1S/C27H32O10/c1-15-8-9-33-21(29)6-4-5-7-22(30)37-18-11-20-27(14-35-27)25(18,3)26(13-34-24(32)23(15)31)12-17(28)16(2)10-19(26)36-20/h4-7,10,15,18-20,23,31H,8-9,11-14H2,1-3H3. The van der Waals surface area contributed by atoms with Crippen molar-refractivity contribution in [2.24, 2.45) is 16.7 Å². The summed E-state index contributed by atoms with van der Waals surface area (Å²) in [5.41, 5.74) is -2.24. The summed E-state index contributed by atoms with van der Waals surface area (Å²) in [4.78, 5) is 50.7. The second-order valence-electron chi connectivity index (χ2n) is 10.9. The molecule has 3 aliphatic heterocycles. The highest BCUT2D eigenvalue weighted by Gasteiger charge is 2.83. The Kier molecular flexibility index (Phi) is 6.40. The third-order valence-electron chi connectivity index (χ3n) is 9.04. The molecule has 2 saturated heterocycles. The number of esters is 3. The largest absolute Gasteiger partial charge is 0.463 e. The quantitative estimate of drug-likeness (QED) is 0.285. The Morgan fingerprint density at radius 2 is 1.70 bits per heavy atom. The molecule has 3 heterocycles. The number of aliphatic hydroxyl groups is 1. The summed E-state index contributed by atoms with van der Waals surface area (Å²) >= 11 is 0. The van der Waals surface area contributed by atoms with Crippen LogP contribution in [0.1, 0.15) is 40.0 Å². The topological polar surface area (TPSA) is 138 Å². The molecule has 2 aliphatic carbocycles. The number of allylic oxidation sites excluding steroid dienone is 3. The van der Waals surface area contributed by atoms with Crippen LogP contribution in [-0.2, 0) is 42.9 Å². The van der Waals surface area contributed by atoms with Gasteiger partial charge < -0.3 is 28.8 Å². The molecular weight excluding hydrogens is 484 g/mol. The maximum absolute atomic E-state index is 13.1. The Balaban J connectivity index is 1.55. The number of carbonyl (C=O) groups is 4. The molecule has 3 fully saturated rings. The van der Waals surface area contributed by atoms with Crippen LogP contribution in [0.5, 0.6) is 0 Å². The van der Waals surface area contributed by atoms with Crippen molar-refractivity contribution in [1.82, 2.24) is 0 Å². The van der Waals surface area contributed by atoms with E-state index in [1.54, 1.807) is 19.9 Å². The lowest BCUT2D eigenvalue weighted by molar-refractivity contribution is -0.233. The Morgan fingerprint density at radius 1 is 1.00 bits per heavy atom. The van der Waals surface area contributed by atoms with Gasteiger partial charge in [0.2, 0.25) is 0 Å². The minimum absolute atomic E-state index is 0.00976. The number of hydrogen-bond acceptors (Lipinski definition) is 10. The Hall–Kier alpha value is -2.82. The first-order valence-corrected chi connectivity index (χ1v) is 12.6. The van der Waals surface area contributed by atoms with E-state index in [2.05, 4.69) is 0 Å². The van der Waals surface area contributed by atoms with Gasteiger partial charge in [-0.1, -0.05) is 26.0 Å². The molecule has 0 radical (unpaired) electrons. The molecular formula is C27H32O10. The van der Waals surface area contributed by atoms with Crippen LogP contribution >= 0.6 is 0 Å². The van der Waals surface area contributed by atoms with Gasteiger partial charge in [0.15, 0.2) is 11.9 Å². The molecule has 0 aromatic rings. The first kappa shape index (κ1) is 25.8. The fourth-order valence-electron chi connectivity index (χ4n) is 6.50. The molecule has 200 valence electrons. The van der Waals surface area contributed by atoms with Crippen LogP contribution in [-0.4, -0.2) is 78.6 Å². The maximum Gasteiger partial charge on any atom is 0.335 e. The SMILES string of the molecule is CC1=CC2OC3CC4OC(=O)C=CC=CC(=O)OCCC(C)C(O)C(=O)OCC2(CC1=O)C4(C)C31CO1. The third-order valence-corrected chi connectivity index (χ3v) is 9.04. The molecule has 0 aromatic heterocycles. The van der Waals surface area contributed by atoms with Gasteiger partial charge in [-0.05, 0) is 30.9 Å². The first-order chi connectivity index (χ1) is 17.5. The lowest BCUT2D eigenvalue weighted by Crippen LogP contribution is -2.67. The monoisotopic (exact) mass is 516 g/mol. The first-order valence-electron chi connectivity index (χ1n) is 12.6. The molecule has 10 nitrogen and oxygen atoms in total. The summed E-state index contributed by atoms with van der Waals surface area (Å²) in [6.07, 6.45) is 4.36. The van der Waals surface area contributed by atoms with Crippen molar-refractivity contribution in [1.29, 1.82) is 0 Å². The number of ketones is 1. The van der Waals surface area contributed by atoms with Gasteiger partial charge in [0.05, 0.1) is 36.3 Å². The number of aliphatic hydroxyl groups excluding tert-OH is 1. The highest BCUT2D eigenvalue weighted by atomic mass is 16.6. The van der Waals surface area contributed by atoms with Gasteiger partial charge in [0.1, 0.15) is 18.3 Å². The van der Waals surface area contributed by atoms with Crippen molar-refractivity contribution in [2.45, 2.75) is 70.1 Å². The number of carbonyl (C=O) groups excluding carboxylic acids is 4. The lowest BCUT2D eigenvalue weighted by atomic mass is 9.51. The Bertz CT molecular complexity index is 1100. The number of Topliss-reactive ketones (excluding diaryl/α,β-unsaturated/α-hetero) is 1. The molecule has 5 aliphatic rings. The normalized spacial score (nSPS) is 44.2. The minimum Gasteiger partial charge on any atom is -0.463 e. The molecule has 2 bridgehead atoms. The Morgan fingerprint density at radius 3 is 2.41 bits per heavy atom. The van der Waals surface area contributed by atoms with E-state index in [1.165, 1.54) is 18.2 Å². The lowest BCUT2D eigenvalue weighted by Gasteiger charge is -2.57. The number of ether oxygens (including phenoxy) is 5. The summed E-state index contributed by atoms with van der Waals surface area (Å²) in [5, 5.41) is 10.6. The summed E-state index contributed by atoms with van der Waals surface area (Å²) < 4.78 is 29.2. The second kappa shape index (κ2) is 9.18. The van der Waals surface area contributed by atoms with Crippen LogP contribution < -0.4 is 0 Å². The van der Waals surface area contributed by atoms with Crippen molar-refractivity contribution < 1.29 is 48.0 Å². The second-order valence-corrected chi connectivity index (χ2v) is 10.9. The van der Waals surface area contributed by atoms with Gasteiger partial charge in [0.25, 0.3) is 0 Å². The minimum atomic E-state index is -1.46. The zero-order valence-electron chi connectivity index (χ0n) is 21.1. The number of rotatable bonds is 0. The molecule has 8 atom stereocenters. The van der Waals surface area contributed by atoms with Crippen molar-refractivity contribution in [3.63, 3.8) is 0 Å². The molecule has 1 N–H and O–H groups in total. The molecule has 8 unspecified atom stereocenters. The van der Waals surface area contributed by atoms with Gasteiger partial charge in [-0.2, -0.15) is 0 Å². The van der Waals surface area contributed by atoms with Crippen molar-refractivity contribution in [2.75, 3.05) is 19.8 Å². The van der Waals surface area contributed by atoms with Crippen LogP contribution in [0.2, 0.25) is 0 Å². The highest BCUT2D eigenvalue weighted by molar-refractivity contribution is 5.96. The smallest absolute Gasteiger partial charge is 0.335 e. The molecule has 5 rings (SSSR count). The van der Waals surface area contributed by atoms with Gasteiger partial charge in [0, 0.05) is 25.0 Å². The van der Waals surface area contributed by atoms with E-state index in [1.807, 2.05) is 6.92 Å². The molecule has 37 heavy (non-hydrogen) atoms. The van der Waals surface area contributed by atoms with Crippen LogP contribution in [0.25, 0.3) is 0 Å². The van der Waals surface area contributed by atoms with E-state index in [4.69, 9.17) is 23.7 Å². The van der Waals surface area contributed by atoms with E-state index in [9.17, 15) is 24.3 Å². The molecule has 10 heteroatoms. The van der Waals surface area contributed by atoms with Crippen LogP contribution in [0.3, 0.4) is 0 Å². The van der Waals surface area contributed by atoms with Gasteiger partial charge in [-0.15, -0.1) is 0 Å². The van der Waals surface area contributed by atoms with Crippen LogP contribution in [0.15, 0.2) is 36.0 Å². The molecule has 1 saturated carbocycles. The zero-order valence-corrected chi connectivity index (χ0v) is 21.1. The highest BCUT2D eigenvalue weighted by Crippen LogP contribution is 2.71. The number of hydrogen-bond donors (Lipinski definition) is 1. The summed E-state index contributed by atoms with van der Waals surface area (Å²) in [6, 6.07) is 0. The summed E-state index contributed by atoms with van der Waals surface area (Å²) in [5.74, 6) is -2.77. The van der Waals surface area contributed by atoms with Crippen LogP contribution in [0, 0.1) is 16.7 Å². The summed E-state index contributed by atoms with van der Waals surface area (Å²) in [7, 11) is 0. The fraction of sp³-hybridized carbons (Fsp3) is 0.630. The van der Waals surface area contributed by atoms with Crippen molar-refractivity contribution >= 4 is 23.7 Å². The third kappa shape index (κ3) is 3.97. The van der Waals surface area contributed by atoms with E-state index >= 15 is 0 Å². The summed E-state index contributed by atoms with van der Waals surface area (Å²) in [6.45, 7) is 5.42. The van der Waals surface area contributed by atoms with E-state index in [0.717, 1.165) is 6.08 Å². The van der Waals surface area contributed by atoms with Crippen LogP contribution in [0.4, 0.5) is 0 Å². The van der Waals surface area contributed by atoms with E-state index in [0.29, 0.717) is 18.6 Å². The average Bonchev–Trinajstić information content (AvgIpc) is 3.63. The molecule has 2 spiro atoms. The van der Waals surface area contributed by atoms with E-state index in [-0.39, 0.29) is 37.9 Å². The van der Waals surface area contributed by atoms with Crippen molar-refractivity contribution in [3.05, 3.63) is 36.0 Å². The maximum atomic E-state index is 13.1. The van der Waals surface area contributed by atoms with E-state index < -0.39 is 58.6 Å². The van der Waals surface area contributed by atoms with Gasteiger partial charge in [-0.3, -0.25) is 4.79 Å². The predicted molar refractivity (Wildman–Crippen MR) is 126 cm³/mol. The number of cyclic esters (lactones) is 2. The molecule has 0 aromatic carbocycles. The average molecular weight is 517 g/mol. The van der Waals surface area contributed by atoms with Gasteiger partial charge in [-0.25, -0.2) is 14.4 Å². The molecule has 0 amide bonds. The van der Waals surface area contributed by atoms with Crippen molar-refractivity contribution in [3.8, 4) is 0 Å². The zero-order chi connectivity index (χ0) is 26.6. The number of epoxide rings is 1. The van der Waals surface area contributed by atoms with Gasteiger partial charge >= 0.3 is 17.9 Å². The predicted octanol–water partition coefficient (Wildman–Crippen LogP) is 1.35.